The van der Waals surface area contributed by atoms with Crippen molar-refractivity contribution in [1.29, 1.82) is 0 Å². The Morgan fingerprint density at radius 1 is 0.923 bits per heavy atom. The Labute approximate surface area is 157 Å². The summed E-state index contributed by atoms with van der Waals surface area (Å²) < 4.78 is 27.5. The average molecular weight is 394 g/mol. The Bertz CT molecular complexity index is 942. The highest BCUT2D eigenvalue weighted by molar-refractivity contribution is 6.35. The van der Waals surface area contributed by atoms with E-state index in [1.54, 1.807) is 0 Å². The number of aromatic nitrogens is 1. The Morgan fingerprint density at radius 3 is 2.23 bits per heavy atom. The molecule has 0 aliphatic carbocycles. The fraction of sp³-hybridized carbons (Fsp3) is 0. The van der Waals surface area contributed by atoms with Gasteiger partial charge in [0.2, 0.25) is 0 Å². The average Bonchev–Trinajstić information content (AvgIpc) is 2.57. The number of hydrogen-bond donors (Lipinski definition) is 2. The van der Waals surface area contributed by atoms with E-state index in [1.807, 2.05) is 0 Å². The number of halogens is 4. The molecule has 0 fully saturated rings. The van der Waals surface area contributed by atoms with Gasteiger partial charge in [-0.05, 0) is 36.4 Å². The lowest BCUT2D eigenvalue weighted by Crippen LogP contribution is -2.12. The standard InChI is InChI=1S/C18H11Cl2F2N3O/c19-11-5-12(20)7-13(6-11)25-18(26)10-4-14(9-23-8-10)24-17-15(21)2-1-3-16(17)22/h1-9,24H,(H,25,26). The summed E-state index contributed by atoms with van der Waals surface area (Å²) >= 11 is 11.8. The van der Waals surface area contributed by atoms with Crippen molar-refractivity contribution in [3.8, 4) is 0 Å². The molecule has 0 atom stereocenters. The Balaban J connectivity index is 1.81. The van der Waals surface area contributed by atoms with Crippen LogP contribution in [0.3, 0.4) is 0 Å². The van der Waals surface area contributed by atoms with E-state index in [9.17, 15) is 13.6 Å². The highest BCUT2D eigenvalue weighted by atomic mass is 35.5. The minimum Gasteiger partial charge on any atom is -0.349 e. The first-order chi connectivity index (χ1) is 12.4. The summed E-state index contributed by atoms with van der Waals surface area (Å²) in [6, 6.07) is 9.53. The maximum absolute atomic E-state index is 13.7. The molecule has 0 unspecified atom stereocenters. The molecule has 132 valence electrons. The van der Waals surface area contributed by atoms with Crippen LogP contribution in [0.2, 0.25) is 10.0 Å². The Hall–Kier alpha value is -2.70. The Morgan fingerprint density at radius 2 is 1.58 bits per heavy atom. The van der Waals surface area contributed by atoms with Crippen molar-refractivity contribution in [2.24, 2.45) is 0 Å². The number of nitrogens with one attached hydrogen (secondary N) is 2. The molecule has 8 heteroatoms. The zero-order valence-corrected chi connectivity index (χ0v) is 14.6. The summed E-state index contributed by atoms with van der Waals surface area (Å²) in [5.41, 5.74) is 0.521. The minimum absolute atomic E-state index is 0.183. The summed E-state index contributed by atoms with van der Waals surface area (Å²) in [6.45, 7) is 0. The number of carbonyl (C=O) groups excluding carboxylic acids is 1. The molecule has 1 heterocycles. The van der Waals surface area contributed by atoms with Gasteiger partial charge in [0, 0.05) is 21.9 Å². The first-order valence-corrected chi connectivity index (χ1v) is 8.11. The van der Waals surface area contributed by atoms with Gasteiger partial charge in [-0.1, -0.05) is 29.3 Å². The van der Waals surface area contributed by atoms with Gasteiger partial charge in [0.1, 0.15) is 17.3 Å². The fourth-order valence-electron chi connectivity index (χ4n) is 2.22. The van der Waals surface area contributed by atoms with Crippen LogP contribution in [0.15, 0.2) is 54.9 Å². The molecule has 3 rings (SSSR count). The van der Waals surface area contributed by atoms with Crippen LogP contribution >= 0.6 is 23.2 Å². The zero-order valence-electron chi connectivity index (χ0n) is 13.1. The van der Waals surface area contributed by atoms with Crippen LogP contribution in [0, 0.1) is 11.6 Å². The van der Waals surface area contributed by atoms with Crippen molar-refractivity contribution in [3.63, 3.8) is 0 Å². The van der Waals surface area contributed by atoms with E-state index in [0.717, 1.165) is 12.1 Å². The number of carbonyl (C=O) groups is 1. The van der Waals surface area contributed by atoms with Crippen LogP contribution in [0.4, 0.5) is 25.8 Å². The molecule has 4 nitrogen and oxygen atoms in total. The van der Waals surface area contributed by atoms with Crippen molar-refractivity contribution < 1.29 is 13.6 Å². The lowest BCUT2D eigenvalue weighted by Gasteiger charge is -2.10. The van der Waals surface area contributed by atoms with E-state index in [4.69, 9.17) is 23.2 Å². The summed E-state index contributed by atoms with van der Waals surface area (Å²) in [6.07, 6.45) is 2.67. The van der Waals surface area contributed by atoms with E-state index in [0.29, 0.717) is 15.7 Å². The van der Waals surface area contributed by atoms with Gasteiger partial charge < -0.3 is 10.6 Å². The maximum atomic E-state index is 13.7. The van der Waals surface area contributed by atoms with Gasteiger partial charge in [-0.25, -0.2) is 8.78 Å². The fourth-order valence-corrected chi connectivity index (χ4v) is 2.75. The molecule has 0 radical (unpaired) electrons. The lowest BCUT2D eigenvalue weighted by atomic mass is 10.2. The molecule has 0 aliphatic rings. The van der Waals surface area contributed by atoms with Crippen molar-refractivity contribution >= 4 is 46.2 Å². The molecule has 0 bridgehead atoms. The monoisotopic (exact) mass is 393 g/mol. The normalized spacial score (nSPS) is 10.5. The number of benzene rings is 2. The van der Waals surface area contributed by atoms with Gasteiger partial charge in [0.25, 0.3) is 5.91 Å². The highest BCUT2D eigenvalue weighted by Crippen LogP contribution is 2.25. The first-order valence-electron chi connectivity index (χ1n) is 7.36. The summed E-state index contributed by atoms with van der Waals surface area (Å²) in [4.78, 5) is 16.3. The molecular weight excluding hydrogens is 383 g/mol. The molecule has 3 aromatic rings. The third-order valence-corrected chi connectivity index (χ3v) is 3.79. The maximum Gasteiger partial charge on any atom is 0.257 e. The molecule has 0 saturated carbocycles. The minimum atomic E-state index is -0.756. The molecule has 26 heavy (non-hydrogen) atoms. The largest absolute Gasteiger partial charge is 0.349 e. The van der Waals surface area contributed by atoms with Crippen molar-refractivity contribution in [2.45, 2.75) is 0 Å². The molecule has 0 spiro atoms. The predicted molar refractivity (Wildman–Crippen MR) is 98.3 cm³/mol. The number of amides is 1. The first kappa shape index (κ1) is 18.1. The van der Waals surface area contributed by atoms with Gasteiger partial charge in [-0.2, -0.15) is 0 Å². The van der Waals surface area contributed by atoms with Gasteiger partial charge >= 0.3 is 0 Å². The summed E-state index contributed by atoms with van der Waals surface area (Å²) in [5, 5.41) is 5.96. The van der Waals surface area contributed by atoms with Crippen LogP contribution in [-0.4, -0.2) is 10.9 Å². The smallest absolute Gasteiger partial charge is 0.257 e. The van der Waals surface area contributed by atoms with E-state index in [-0.39, 0.29) is 16.9 Å². The van der Waals surface area contributed by atoms with Crippen LogP contribution in [0.25, 0.3) is 0 Å². The van der Waals surface area contributed by atoms with Crippen LogP contribution in [0.1, 0.15) is 10.4 Å². The number of para-hydroxylation sites is 1. The van der Waals surface area contributed by atoms with E-state index in [1.165, 1.54) is 42.7 Å². The highest BCUT2D eigenvalue weighted by Gasteiger charge is 2.12. The van der Waals surface area contributed by atoms with Crippen molar-refractivity contribution in [1.82, 2.24) is 4.98 Å². The number of anilines is 3. The lowest BCUT2D eigenvalue weighted by molar-refractivity contribution is 0.102. The molecule has 0 saturated heterocycles. The zero-order chi connectivity index (χ0) is 18.7. The van der Waals surface area contributed by atoms with Gasteiger partial charge in [0.05, 0.1) is 17.4 Å². The third kappa shape index (κ3) is 4.28. The SMILES string of the molecule is O=C(Nc1cc(Cl)cc(Cl)c1)c1cncc(Nc2c(F)cccc2F)c1. The topological polar surface area (TPSA) is 54.0 Å². The molecule has 2 aromatic carbocycles. The van der Waals surface area contributed by atoms with Gasteiger partial charge in [-0.3, -0.25) is 9.78 Å². The van der Waals surface area contributed by atoms with Crippen molar-refractivity contribution in [3.05, 3.63) is 82.1 Å². The summed E-state index contributed by atoms with van der Waals surface area (Å²) in [7, 11) is 0. The second-order valence-electron chi connectivity index (χ2n) is 5.30. The van der Waals surface area contributed by atoms with Crippen LogP contribution < -0.4 is 10.6 Å². The molecular formula is C18H11Cl2F2N3O. The van der Waals surface area contributed by atoms with E-state index >= 15 is 0 Å². The number of nitrogens with zero attached hydrogens (tertiary/aromatic N) is 1. The van der Waals surface area contributed by atoms with Gasteiger partial charge in [-0.15, -0.1) is 0 Å². The number of rotatable bonds is 4. The van der Waals surface area contributed by atoms with Crippen LogP contribution in [0.5, 0.6) is 0 Å². The second kappa shape index (κ2) is 7.68. The molecule has 0 aliphatic heterocycles. The molecule has 1 aromatic heterocycles. The number of pyridine rings is 1. The van der Waals surface area contributed by atoms with Gasteiger partial charge in [0.15, 0.2) is 0 Å². The predicted octanol–water partition coefficient (Wildman–Crippen LogP) is 5.66. The van der Waals surface area contributed by atoms with Crippen LogP contribution in [-0.2, 0) is 0 Å². The molecule has 1 amide bonds. The van der Waals surface area contributed by atoms with E-state index < -0.39 is 17.5 Å². The second-order valence-corrected chi connectivity index (χ2v) is 6.17. The Kier molecular flexibility index (Phi) is 5.35. The number of hydrogen-bond acceptors (Lipinski definition) is 3. The third-order valence-electron chi connectivity index (χ3n) is 3.35. The molecule has 2 N–H and O–H groups in total. The van der Waals surface area contributed by atoms with Crippen molar-refractivity contribution in [2.75, 3.05) is 10.6 Å². The van der Waals surface area contributed by atoms with E-state index in [2.05, 4.69) is 15.6 Å². The summed E-state index contributed by atoms with van der Waals surface area (Å²) in [5.74, 6) is -1.99. The quantitative estimate of drug-likeness (QED) is 0.600.